The molecule has 0 aromatic carbocycles. The first-order valence-electron chi connectivity index (χ1n) is 8.42. The summed E-state index contributed by atoms with van der Waals surface area (Å²) in [7, 11) is 0. The molecule has 1 heterocycles. The number of piperidine rings is 1. The van der Waals surface area contributed by atoms with Crippen LogP contribution in [0.5, 0.6) is 0 Å². The lowest BCUT2D eigenvalue weighted by Gasteiger charge is -2.40. The van der Waals surface area contributed by atoms with Gasteiger partial charge >= 0.3 is 0 Å². The minimum atomic E-state index is 0.686. The zero-order valence-electron chi connectivity index (χ0n) is 13.1. The van der Waals surface area contributed by atoms with Crippen LogP contribution < -0.4 is 5.32 Å². The molecule has 2 rings (SSSR count). The van der Waals surface area contributed by atoms with Crippen molar-refractivity contribution in [2.75, 3.05) is 19.6 Å². The molecule has 19 heavy (non-hydrogen) atoms. The second kappa shape index (κ2) is 7.44. The van der Waals surface area contributed by atoms with Crippen LogP contribution in [0, 0.1) is 5.92 Å². The summed E-state index contributed by atoms with van der Waals surface area (Å²) >= 11 is 0. The van der Waals surface area contributed by atoms with Gasteiger partial charge in [0, 0.05) is 18.6 Å². The first kappa shape index (κ1) is 15.1. The van der Waals surface area contributed by atoms with Crippen molar-refractivity contribution >= 4 is 0 Å². The van der Waals surface area contributed by atoms with Crippen LogP contribution in [0.3, 0.4) is 0 Å². The molecule has 0 bridgehead atoms. The molecule has 0 radical (unpaired) electrons. The third-order valence-corrected chi connectivity index (χ3v) is 5.03. The van der Waals surface area contributed by atoms with Crippen molar-refractivity contribution < 1.29 is 0 Å². The van der Waals surface area contributed by atoms with Crippen molar-refractivity contribution in [3.8, 4) is 0 Å². The van der Waals surface area contributed by atoms with Gasteiger partial charge in [0.25, 0.3) is 0 Å². The van der Waals surface area contributed by atoms with Crippen LogP contribution in [0.4, 0.5) is 0 Å². The van der Waals surface area contributed by atoms with Gasteiger partial charge < -0.3 is 10.2 Å². The van der Waals surface area contributed by atoms with Crippen LogP contribution in [-0.2, 0) is 0 Å². The fourth-order valence-electron chi connectivity index (χ4n) is 3.90. The Labute approximate surface area is 119 Å². The Morgan fingerprint density at radius 3 is 3.00 bits per heavy atom. The highest BCUT2D eigenvalue weighted by Crippen LogP contribution is 2.31. The van der Waals surface area contributed by atoms with Gasteiger partial charge in [-0.2, -0.15) is 0 Å². The maximum absolute atomic E-state index is 3.78. The summed E-state index contributed by atoms with van der Waals surface area (Å²) in [5.74, 6) is 0.833. The summed E-state index contributed by atoms with van der Waals surface area (Å²) in [5.41, 5.74) is 1.71. The molecule has 1 fully saturated rings. The average molecular weight is 264 g/mol. The monoisotopic (exact) mass is 264 g/mol. The number of rotatable bonds is 6. The van der Waals surface area contributed by atoms with E-state index < -0.39 is 0 Å². The largest absolute Gasteiger partial charge is 0.310 e. The van der Waals surface area contributed by atoms with Gasteiger partial charge in [-0.1, -0.05) is 31.9 Å². The highest BCUT2D eigenvalue weighted by atomic mass is 15.2. The predicted octanol–water partition coefficient (Wildman–Crippen LogP) is 3.59. The van der Waals surface area contributed by atoms with Gasteiger partial charge in [0.2, 0.25) is 0 Å². The third-order valence-electron chi connectivity index (χ3n) is 5.03. The van der Waals surface area contributed by atoms with Gasteiger partial charge in [0.1, 0.15) is 0 Å². The van der Waals surface area contributed by atoms with Crippen LogP contribution in [0.1, 0.15) is 59.3 Å². The van der Waals surface area contributed by atoms with Crippen molar-refractivity contribution in [3.05, 3.63) is 11.6 Å². The molecule has 0 aromatic rings. The molecule has 2 heteroatoms. The van der Waals surface area contributed by atoms with E-state index in [1.54, 1.807) is 5.57 Å². The summed E-state index contributed by atoms with van der Waals surface area (Å²) in [6.45, 7) is 10.7. The van der Waals surface area contributed by atoms with Crippen molar-refractivity contribution in [1.29, 1.82) is 0 Å². The van der Waals surface area contributed by atoms with Gasteiger partial charge in [0.05, 0.1) is 0 Å². The molecule has 2 nitrogen and oxygen atoms in total. The Kier molecular flexibility index (Phi) is 5.90. The molecule has 0 aromatic heterocycles. The lowest BCUT2D eigenvalue weighted by atomic mass is 9.79. The molecule has 1 saturated heterocycles. The predicted molar refractivity (Wildman–Crippen MR) is 83.4 cm³/mol. The number of hydrogen-bond donors (Lipinski definition) is 1. The molecule has 3 atom stereocenters. The fraction of sp³-hybridized carbons (Fsp3) is 0.882. The maximum atomic E-state index is 3.78. The Hall–Kier alpha value is -0.340. The SMILES string of the molecule is CCCC(C)N(CC)CC1CCC=C2CCCNC21. The third kappa shape index (κ3) is 3.82. The lowest BCUT2D eigenvalue weighted by Crippen LogP contribution is -2.48. The van der Waals surface area contributed by atoms with E-state index in [0.29, 0.717) is 6.04 Å². The lowest BCUT2D eigenvalue weighted by molar-refractivity contribution is 0.152. The zero-order chi connectivity index (χ0) is 13.7. The summed E-state index contributed by atoms with van der Waals surface area (Å²) in [4.78, 5) is 2.70. The Morgan fingerprint density at radius 2 is 2.26 bits per heavy atom. The summed E-state index contributed by atoms with van der Waals surface area (Å²) in [6, 6.07) is 1.43. The molecule has 1 aliphatic carbocycles. The second-order valence-corrected chi connectivity index (χ2v) is 6.38. The smallest absolute Gasteiger partial charge is 0.0320 e. The van der Waals surface area contributed by atoms with Crippen molar-refractivity contribution in [1.82, 2.24) is 10.2 Å². The van der Waals surface area contributed by atoms with E-state index in [4.69, 9.17) is 0 Å². The molecule has 2 aliphatic rings. The van der Waals surface area contributed by atoms with Gasteiger partial charge in [-0.3, -0.25) is 0 Å². The summed E-state index contributed by atoms with van der Waals surface area (Å²) < 4.78 is 0. The van der Waals surface area contributed by atoms with Crippen LogP contribution in [0.15, 0.2) is 11.6 Å². The molecule has 0 spiro atoms. The number of nitrogens with zero attached hydrogens (tertiary/aromatic N) is 1. The highest BCUT2D eigenvalue weighted by Gasteiger charge is 2.31. The van der Waals surface area contributed by atoms with Crippen molar-refractivity contribution in [2.24, 2.45) is 5.92 Å². The highest BCUT2D eigenvalue weighted by molar-refractivity contribution is 5.18. The van der Waals surface area contributed by atoms with Crippen LogP contribution in [0.25, 0.3) is 0 Å². The van der Waals surface area contributed by atoms with Gasteiger partial charge in [-0.25, -0.2) is 0 Å². The van der Waals surface area contributed by atoms with E-state index in [-0.39, 0.29) is 0 Å². The number of hydrogen-bond acceptors (Lipinski definition) is 2. The first-order chi connectivity index (χ1) is 9.26. The molecule has 1 N–H and O–H groups in total. The minimum absolute atomic E-state index is 0.686. The molecule has 110 valence electrons. The molecular weight excluding hydrogens is 232 g/mol. The van der Waals surface area contributed by atoms with E-state index in [0.717, 1.165) is 12.0 Å². The van der Waals surface area contributed by atoms with Crippen LogP contribution in [0.2, 0.25) is 0 Å². The van der Waals surface area contributed by atoms with Crippen molar-refractivity contribution in [3.63, 3.8) is 0 Å². The average Bonchev–Trinajstić information content (AvgIpc) is 2.45. The van der Waals surface area contributed by atoms with Gasteiger partial charge in [-0.05, 0) is 58.0 Å². The zero-order valence-corrected chi connectivity index (χ0v) is 13.1. The fourth-order valence-corrected chi connectivity index (χ4v) is 3.90. The van der Waals surface area contributed by atoms with Gasteiger partial charge in [0.15, 0.2) is 0 Å². The summed E-state index contributed by atoms with van der Waals surface area (Å²) in [5, 5.41) is 3.78. The van der Waals surface area contributed by atoms with E-state index in [9.17, 15) is 0 Å². The molecular formula is C17H32N2. The number of allylic oxidation sites excluding steroid dienone is 1. The van der Waals surface area contributed by atoms with E-state index in [1.807, 2.05) is 0 Å². The minimum Gasteiger partial charge on any atom is -0.310 e. The molecule has 0 amide bonds. The normalized spacial score (nSPS) is 28.9. The van der Waals surface area contributed by atoms with E-state index in [1.165, 1.54) is 58.2 Å². The molecule has 3 unspecified atom stereocenters. The van der Waals surface area contributed by atoms with E-state index in [2.05, 4.69) is 37.1 Å². The van der Waals surface area contributed by atoms with Crippen LogP contribution >= 0.6 is 0 Å². The Morgan fingerprint density at radius 1 is 1.42 bits per heavy atom. The Balaban J connectivity index is 1.95. The van der Waals surface area contributed by atoms with E-state index >= 15 is 0 Å². The van der Waals surface area contributed by atoms with Gasteiger partial charge in [-0.15, -0.1) is 0 Å². The number of nitrogens with one attached hydrogen (secondary N) is 1. The second-order valence-electron chi connectivity index (χ2n) is 6.38. The standard InChI is InChI=1S/C17H32N2/c1-4-8-14(3)19(5-2)13-16-10-6-9-15-11-7-12-18-17(15)16/h9,14,16-18H,4-8,10-13H2,1-3H3. The van der Waals surface area contributed by atoms with Crippen LogP contribution in [-0.4, -0.2) is 36.6 Å². The number of fused-ring (bicyclic) bond motifs is 1. The molecule has 0 saturated carbocycles. The first-order valence-corrected chi connectivity index (χ1v) is 8.42. The Bertz CT molecular complexity index is 298. The molecule has 1 aliphatic heterocycles. The van der Waals surface area contributed by atoms with Crippen molar-refractivity contribution in [2.45, 2.75) is 71.4 Å². The maximum Gasteiger partial charge on any atom is 0.0320 e. The quantitative estimate of drug-likeness (QED) is 0.738. The summed E-state index contributed by atoms with van der Waals surface area (Å²) in [6.07, 6.45) is 10.5. The topological polar surface area (TPSA) is 15.3 Å².